The van der Waals surface area contributed by atoms with Crippen LogP contribution in [0.1, 0.15) is 30.7 Å². The second-order valence-corrected chi connectivity index (χ2v) is 11.0. The number of nitrogens with zero attached hydrogens (tertiary/aromatic N) is 2. The molecule has 5 nitrogen and oxygen atoms in total. The van der Waals surface area contributed by atoms with Gasteiger partial charge in [0.2, 0.25) is 10.0 Å². The predicted octanol–water partition coefficient (Wildman–Crippen LogP) is 4.36. The SMILES string of the molecule is CN(C)CCCS(=O)(=O)N1CCC(c2c[nH]c3ccc(-c4ccsc4)cc23)CC1. The Morgan fingerprint density at radius 2 is 1.97 bits per heavy atom. The van der Waals surface area contributed by atoms with Crippen molar-refractivity contribution in [3.8, 4) is 11.1 Å². The first-order valence-electron chi connectivity index (χ1n) is 10.2. The minimum Gasteiger partial charge on any atom is -0.361 e. The quantitative estimate of drug-likeness (QED) is 0.605. The van der Waals surface area contributed by atoms with E-state index >= 15 is 0 Å². The minimum absolute atomic E-state index is 0.243. The molecule has 1 saturated heterocycles. The van der Waals surface area contributed by atoms with Crippen LogP contribution in [-0.4, -0.2) is 62.1 Å². The highest BCUT2D eigenvalue weighted by Gasteiger charge is 2.29. The van der Waals surface area contributed by atoms with Crippen LogP contribution in [-0.2, 0) is 10.0 Å². The maximum Gasteiger partial charge on any atom is 0.214 e. The topological polar surface area (TPSA) is 56.4 Å². The number of hydrogen-bond acceptors (Lipinski definition) is 4. The maximum absolute atomic E-state index is 12.7. The molecule has 1 aliphatic rings. The molecule has 0 spiro atoms. The lowest BCUT2D eigenvalue weighted by Gasteiger charge is -2.31. The number of benzene rings is 1. The summed E-state index contributed by atoms with van der Waals surface area (Å²) in [7, 11) is 0.801. The van der Waals surface area contributed by atoms with Crippen LogP contribution in [0.5, 0.6) is 0 Å². The van der Waals surface area contributed by atoms with Crippen LogP contribution in [0.2, 0.25) is 0 Å². The molecule has 29 heavy (non-hydrogen) atoms. The predicted molar refractivity (Wildman–Crippen MR) is 122 cm³/mol. The van der Waals surface area contributed by atoms with E-state index < -0.39 is 10.0 Å². The second kappa shape index (κ2) is 8.60. The van der Waals surface area contributed by atoms with Gasteiger partial charge in [-0.25, -0.2) is 12.7 Å². The van der Waals surface area contributed by atoms with E-state index in [-0.39, 0.29) is 5.75 Å². The molecule has 0 unspecified atom stereocenters. The number of fused-ring (bicyclic) bond motifs is 1. The molecule has 0 amide bonds. The van der Waals surface area contributed by atoms with Gasteiger partial charge in [0.05, 0.1) is 5.75 Å². The van der Waals surface area contributed by atoms with Gasteiger partial charge in [0.15, 0.2) is 0 Å². The van der Waals surface area contributed by atoms with Crippen LogP contribution in [0.4, 0.5) is 0 Å². The maximum atomic E-state index is 12.7. The molecule has 0 atom stereocenters. The highest BCUT2D eigenvalue weighted by atomic mass is 32.2. The average Bonchev–Trinajstić information content (AvgIpc) is 3.37. The molecular formula is C22H29N3O2S2. The van der Waals surface area contributed by atoms with Gasteiger partial charge in [0.1, 0.15) is 0 Å². The van der Waals surface area contributed by atoms with Crippen molar-refractivity contribution < 1.29 is 8.42 Å². The van der Waals surface area contributed by atoms with Gasteiger partial charge in [0, 0.05) is 30.2 Å². The molecule has 0 bridgehead atoms. The molecule has 0 radical (unpaired) electrons. The Hall–Kier alpha value is -1.67. The van der Waals surface area contributed by atoms with E-state index in [9.17, 15) is 8.42 Å². The van der Waals surface area contributed by atoms with Crippen LogP contribution >= 0.6 is 11.3 Å². The molecule has 0 aliphatic carbocycles. The molecule has 4 rings (SSSR count). The molecule has 7 heteroatoms. The Balaban J connectivity index is 1.46. The Morgan fingerprint density at radius 3 is 2.66 bits per heavy atom. The van der Waals surface area contributed by atoms with Gasteiger partial charge < -0.3 is 9.88 Å². The molecular weight excluding hydrogens is 402 g/mol. The van der Waals surface area contributed by atoms with Crippen molar-refractivity contribution in [2.24, 2.45) is 0 Å². The average molecular weight is 432 g/mol. The van der Waals surface area contributed by atoms with E-state index in [1.807, 2.05) is 19.0 Å². The number of sulfonamides is 1. The second-order valence-electron chi connectivity index (χ2n) is 8.16. The highest BCUT2D eigenvalue weighted by molar-refractivity contribution is 7.89. The van der Waals surface area contributed by atoms with E-state index in [1.165, 1.54) is 22.1 Å². The zero-order valence-electron chi connectivity index (χ0n) is 17.1. The first-order chi connectivity index (χ1) is 13.9. The number of thiophene rings is 1. The molecule has 1 fully saturated rings. The standard InChI is InChI=1S/C22H29N3O2S2/c1-24(2)9-3-13-29(26,27)25-10-6-17(7-11-25)21-15-23-22-5-4-18(14-20(21)22)19-8-12-28-16-19/h4-5,8,12,14-17,23H,3,6-7,9-11,13H2,1-2H3. The summed E-state index contributed by atoms with van der Waals surface area (Å²) in [4.78, 5) is 5.43. The van der Waals surface area contributed by atoms with Crippen molar-refractivity contribution in [3.05, 3.63) is 46.8 Å². The fourth-order valence-electron chi connectivity index (χ4n) is 4.23. The third-order valence-electron chi connectivity index (χ3n) is 5.86. The Bertz CT molecular complexity index is 1050. The van der Waals surface area contributed by atoms with Crippen LogP contribution in [0.15, 0.2) is 41.2 Å². The van der Waals surface area contributed by atoms with Crippen molar-refractivity contribution >= 4 is 32.3 Å². The molecule has 2 aromatic heterocycles. The van der Waals surface area contributed by atoms with Gasteiger partial charge in [-0.05, 0) is 91.5 Å². The van der Waals surface area contributed by atoms with Crippen molar-refractivity contribution in [1.82, 2.24) is 14.2 Å². The summed E-state index contributed by atoms with van der Waals surface area (Å²) in [5.74, 6) is 0.641. The molecule has 1 aromatic carbocycles. The summed E-state index contributed by atoms with van der Waals surface area (Å²) in [5, 5.41) is 5.54. The number of aromatic nitrogens is 1. The number of aromatic amines is 1. The number of H-pyrrole nitrogens is 1. The number of nitrogens with one attached hydrogen (secondary N) is 1. The fraction of sp³-hybridized carbons (Fsp3) is 0.455. The molecule has 3 aromatic rings. The van der Waals surface area contributed by atoms with Crippen molar-refractivity contribution in [2.45, 2.75) is 25.2 Å². The van der Waals surface area contributed by atoms with E-state index in [0.717, 1.165) is 24.9 Å². The normalized spacial score (nSPS) is 16.8. The van der Waals surface area contributed by atoms with E-state index in [4.69, 9.17) is 0 Å². The summed E-state index contributed by atoms with van der Waals surface area (Å²) < 4.78 is 27.0. The summed E-state index contributed by atoms with van der Waals surface area (Å²) in [6.45, 7) is 2.04. The van der Waals surface area contributed by atoms with Gasteiger partial charge in [0.25, 0.3) is 0 Å². The van der Waals surface area contributed by atoms with Gasteiger partial charge in [-0.2, -0.15) is 11.3 Å². The lowest BCUT2D eigenvalue weighted by molar-refractivity contribution is 0.319. The van der Waals surface area contributed by atoms with Crippen molar-refractivity contribution in [2.75, 3.05) is 39.5 Å². The summed E-state index contributed by atoms with van der Waals surface area (Å²) in [6, 6.07) is 8.73. The Kier molecular flexibility index (Phi) is 6.11. The van der Waals surface area contributed by atoms with E-state index in [1.54, 1.807) is 15.6 Å². The summed E-state index contributed by atoms with van der Waals surface area (Å²) in [5.41, 5.74) is 4.96. The first kappa shape index (κ1) is 20.6. The fourth-order valence-corrected chi connectivity index (χ4v) is 6.41. The molecule has 1 aliphatic heterocycles. The van der Waals surface area contributed by atoms with Crippen LogP contribution in [0.3, 0.4) is 0 Å². The highest BCUT2D eigenvalue weighted by Crippen LogP contribution is 2.36. The summed E-state index contributed by atoms with van der Waals surface area (Å²) >= 11 is 1.71. The molecule has 1 N–H and O–H groups in total. The van der Waals surface area contributed by atoms with Crippen molar-refractivity contribution in [1.29, 1.82) is 0 Å². The van der Waals surface area contributed by atoms with Crippen LogP contribution in [0, 0.1) is 0 Å². The van der Waals surface area contributed by atoms with Gasteiger partial charge in [-0.1, -0.05) is 6.07 Å². The third kappa shape index (κ3) is 4.58. The smallest absolute Gasteiger partial charge is 0.214 e. The molecule has 3 heterocycles. The van der Waals surface area contributed by atoms with Gasteiger partial charge in [-0.15, -0.1) is 0 Å². The molecule has 0 saturated carbocycles. The van der Waals surface area contributed by atoms with Crippen LogP contribution < -0.4 is 0 Å². The van der Waals surface area contributed by atoms with Gasteiger partial charge in [-0.3, -0.25) is 0 Å². The summed E-state index contributed by atoms with van der Waals surface area (Å²) in [6.07, 6.45) is 4.56. The Labute approximate surface area is 177 Å². The molecule has 156 valence electrons. The van der Waals surface area contributed by atoms with E-state index in [0.29, 0.717) is 25.4 Å². The zero-order valence-corrected chi connectivity index (χ0v) is 18.7. The number of piperidine rings is 1. The zero-order chi connectivity index (χ0) is 20.4. The third-order valence-corrected chi connectivity index (χ3v) is 8.50. The first-order valence-corrected chi connectivity index (χ1v) is 12.8. The van der Waals surface area contributed by atoms with Crippen molar-refractivity contribution in [3.63, 3.8) is 0 Å². The van der Waals surface area contributed by atoms with Crippen LogP contribution in [0.25, 0.3) is 22.0 Å². The number of hydrogen-bond donors (Lipinski definition) is 1. The van der Waals surface area contributed by atoms with E-state index in [2.05, 4.69) is 46.2 Å². The Morgan fingerprint density at radius 1 is 1.17 bits per heavy atom. The lowest BCUT2D eigenvalue weighted by Crippen LogP contribution is -2.39. The minimum atomic E-state index is -3.15. The lowest BCUT2D eigenvalue weighted by atomic mass is 9.89. The number of rotatable bonds is 7. The largest absolute Gasteiger partial charge is 0.361 e. The monoisotopic (exact) mass is 431 g/mol. The van der Waals surface area contributed by atoms with Gasteiger partial charge >= 0.3 is 0 Å².